The van der Waals surface area contributed by atoms with E-state index < -0.39 is 5.54 Å². The molecule has 1 aromatic heterocycles. The summed E-state index contributed by atoms with van der Waals surface area (Å²) in [7, 11) is 0. The molecule has 0 radical (unpaired) electrons. The number of aliphatic hydroxyl groups excluding tert-OH is 1. The molecule has 1 N–H and O–H groups in total. The molecule has 40 heavy (non-hydrogen) atoms. The number of hydrogen-bond acceptors (Lipinski definition) is 6. The van der Waals surface area contributed by atoms with Crippen LogP contribution in [0.15, 0.2) is 66.9 Å². The number of likely N-dealkylation sites (tertiary alicyclic amines) is 1. The summed E-state index contributed by atoms with van der Waals surface area (Å²) in [6.07, 6.45) is 4.92. The predicted octanol–water partition coefficient (Wildman–Crippen LogP) is 3.89. The number of aromatic nitrogens is 3. The van der Waals surface area contributed by atoms with E-state index in [4.69, 9.17) is 0 Å². The maximum Gasteiger partial charge on any atom is 0.250 e. The number of anilines is 1. The van der Waals surface area contributed by atoms with Crippen molar-refractivity contribution in [1.82, 2.24) is 24.8 Å². The Hall–Kier alpha value is -3.82. The molecule has 3 aromatic carbocycles. The minimum atomic E-state index is -0.636. The van der Waals surface area contributed by atoms with Crippen LogP contribution in [0, 0.1) is 5.82 Å². The Bertz CT molecular complexity index is 1540. The van der Waals surface area contributed by atoms with E-state index in [2.05, 4.69) is 56.5 Å². The highest BCUT2D eigenvalue weighted by Gasteiger charge is 2.54. The SMILES string of the molecule is O=C1N(CCCn2cc(CO)nn2)CN(c2ccc(F)cc2)C12CCN([C@H]1Cc3cccc4cccc1c34)CC2. The highest BCUT2D eigenvalue weighted by Crippen LogP contribution is 2.45. The van der Waals surface area contributed by atoms with Gasteiger partial charge in [-0.05, 0) is 71.8 Å². The number of amides is 1. The quantitative estimate of drug-likeness (QED) is 0.383. The second-order valence-electron chi connectivity index (χ2n) is 11.2. The average Bonchev–Trinajstić information content (AvgIpc) is 3.67. The molecule has 1 aliphatic carbocycles. The zero-order valence-corrected chi connectivity index (χ0v) is 22.4. The standard InChI is InChI=1S/C31H33FN6O2/c32-24-8-10-26(11-9-24)38-21-36(14-3-15-37-19-25(20-39)33-34-37)30(40)31(38)12-16-35(17-13-31)28-18-23-6-1-4-22-5-2-7-27(28)29(22)23/h1-2,4-11,19,28,39H,3,12-18,20-21H2/t28-/m0/s1. The highest BCUT2D eigenvalue weighted by molar-refractivity contribution is 5.94. The number of benzene rings is 3. The molecular weight excluding hydrogens is 507 g/mol. The van der Waals surface area contributed by atoms with Gasteiger partial charge in [-0.2, -0.15) is 0 Å². The maximum atomic E-state index is 14.1. The molecular formula is C31H33FN6O2. The number of halogens is 1. The second kappa shape index (κ2) is 9.98. The lowest BCUT2D eigenvalue weighted by molar-refractivity contribution is -0.133. The zero-order valence-electron chi connectivity index (χ0n) is 22.4. The number of aryl methyl sites for hydroxylation is 1. The van der Waals surface area contributed by atoms with Gasteiger partial charge in [-0.25, -0.2) is 4.39 Å². The van der Waals surface area contributed by atoms with Crippen molar-refractivity contribution < 1.29 is 14.3 Å². The first-order valence-electron chi connectivity index (χ1n) is 14.1. The van der Waals surface area contributed by atoms with E-state index in [0.29, 0.717) is 31.5 Å². The van der Waals surface area contributed by atoms with Crippen LogP contribution in [0.3, 0.4) is 0 Å². The van der Waals surface area contributed by atoms with Crippen LogP contribution in [0.5, 0.6) is 0 Å². The van der Waals surface area contributed by atoms with Crippen molar-refractivity contribution in [3.8, 4) is 0 Å². The van der Waals surface area contributed by atoms with Gasteiger partial charge >= 0.3 is 0 Å². The molecule has 1 atom stereocenters. The topological polar surface area (TPSA) is 77.7 Å². The van der Waals surface area contributed by atoms with Crippen molar-refractivity contribution in [2.45, 2.75) is 50.4 Å². The third-order valence-corrected chi connectivity index (χ3v) is 9.08. The number of carbonyl (C=O) groups excluding carboxylic acids is 1. The lowest BCUT2D eigenvalue weighted by Gasteiger charge is -2.45. The van der Waals surface area contributed by atoms with Gasteiger partial charge in [-0.15, -0.1) is 5.10 Å². The van der Waals surface area contributed by atoms with Gasteiger partial charge in [0.15, 0.2) is 0 Å². The van der Waals surface area contributed by atoms with Crippen molar-refractivity contribution in [2.24, 2.45) is 0 Å². The number of piperidine rings is 1. The summed E-state index contributed by atoms with van der Waals surface area (Å²) in [6.45, 7) is 3.21. The Labute approximate surface area is 232 Å². The van der Waals surface area contributed by atoms with Gasteiger partial charge < -0.3 is 14.9 Å². The van der Waals surface area contributed by atoms with Gasteiger partial charge in [0, 0.05) is 37.9 Å². The Kier molecular flexibility index (Phi) is 6.28. The first kappa shape index (κ1) is 25.2. The van der Waals surface area contributed by atoms with Crippen molar-refractivity contribution in [2.75, 3.05) is 31.2 Å². The van der Waals surface area contributed by atoms with E-state index in [-0.39, 0.29) is 18.3 Å². The largest absolute Gasteiger partial charge is 0.390 e. The molecule has 7 rings (SSSR count). The average molecular weight is 541 g/mol. The van der Waals surface area contributed by atoms with Gasteiger partial charge in [0.1, 0.15) is 17.1 Å². The molecule has 0 unspecified atom stereocenters. The lowest BCUT2D eigenvalue weighted by atomic mass is 9.84. The van der Waals surface area contributed by atoms with Crippen LogP contribution in [0.2, 0.25) is 0 Å². The summed E-state index contributed by atoms with van der Waals surface area (Å²) in [4.78, 5) is 20.8. The molecule has 4 aromatic rings. The van der Waals surface area contributed by atoms with Gasteiger partial charge in [-0.1, -0.05) is 41.6 Å². The molecule has 9 heteroatoms. The summed E-state index contributed by atoms with van der Waals surface area (Å²) in [5, 5.41) is 19.9. The molecule has 0 bridgehead atoms. The summed E-state index contributed by atoms with van der Waals surface area (Å²) in [5.74, 6) is -0.122. The molecule has 1 spiro atoms. The van der Waals surface area contributed by atoms with Gasteiger partial charge in [0.25, 0.3) is 0 Å². The molecule has 3 aliphatic rings. The van der Waals surface area contributed by atoms with Crippen molar-refractivity contribution in [1.29, 1.82) is 0 Å². The fourth-order valence-electron chi connectivity index (χ4n) is 7.08. The number of aliphatic hydroxyl groups is 1. The Morgan fingerprint density at radius 1 is 1.00 bits per heavy atom. The van der Waals surface area contributed by atoms with E-state index in [1.54, 1.807) is 23.0 Å². The van der Waals surface area contributed by atoms with E-state index in [0.717, 1.165) is 44.5 Å². The van der Waals surface area contributed by atoms with Crippen LogP contribution in [-0.4, -0.2) is 67.6 Å². The zero-order chi connectivity index (χ0) is 27.3. The molecule has 2 fully saturated rings. The third-order valence-electron chi connectivity index (χ3n) is 9.08. The minimum absolute atomic E-state index is 0.140. The van der Waals surface area contributed by atoms with Crippen LogP contribution in [0.4, 0.5) is 10.1 Å². The highest BCUT2D eigenvalue weighted by atomic mass is 19.1. The molecule has 206 valence electrons. The molecule has 8 nitrogen and oxygen atoms in total. The third kappa shape index (κ3) is 4.15. The summed E-state index contributed by atoms with van der Waals surface area (Å²) >= 11 is 0. The van der Waals surface area contributed by atoms with Crippen molar-refractivity contribution in [3.63, 3.8) is 0 Å². The van der Waals surface area contributed by atoms with E-state index in [1.807, 2.05) is 4.90 Å². The maximum absolute atomic E-state index is 14.1. The predicted molar refractivity (Wildman–Crippen MR) is 150 cm³/mol. The Balaban J connectivity index is 1.10. The minimum Gasteiger partial charge on any atom is -0.390 e. The Morgan fingerprint density at radius 2 is 1.77 bits per heavy atom. The van der Waals surface area contributed by atoms with Crippen LogP contribution in [0.25, 0.3) is 10.8 Å². The smallest absolute Gasteiger partial charge is 0.250 e. The van der Waals surface area contributed by atoms with Crippen LogP contribution >= 0.6 is 0 Å². The van der Waals surface area contributed by atoms with E-state index >= 15 is 0 Å². The van der Waals surface area contributed by atoms with Crippen molar-refractivity contribution >= 4 is 22.4 Å². The molecule has 1 amide bonds. The Morgan fingerprint density at radius 3 is 2.52 bits per heavy atom. The number of rotatable bonds is 7. The first-order chi connectivity index (χ1) is 19.6. The van der Waals surface area contributed by atoms with E-state index in [9.17, 15) is 14.3 Å². The molecule has 2 aliphatic heterocycles. The van der Waals surface area contributed by atoms with Gasteiger partial charge in [0.2, 0.25) is 5.91 Å². The number of carbonyl (C=O) groups is 1. The summed E-state index contributed by atoms with van der Waals surface area (Å²) < 4.78 is 15.5. The molecule has 0 saturated carbocycles. The van der Waals surface area contributed by atoms with Crippen molar-refractivity contribution in [3.05, 3.63) is 89.5 Å². The fourth-order valence-corrected chi connectivity index (χ4v) is 7.08. The first-order valence-corrected chi connectivity index (χ1v) is 14.1. The van der Waals surface area contributed by atoms with Crippen LogP contribution < -0.4 is 4.90 Å². The fraction of sp³-hybridized carbons (Fsp3) is 0.387. The van der Waals surface area contributed by atoms with Crippen LogP contribution in [-0.2, 0) is 24.4 Å². The monoisotopic (exact) mass is 540 g/mol. The normalized spacial score (nSPS) is 20.4. The van der Waals surface area contributed by atoms with Gasteiger partial charge in [-0.3, -0.25) is 14.4 Å². The molecule has 2 saturated heterocycles. The number of nitrogens with zero attached hydrogens (tertiary/aromatic N) is 6. The summed E-state index contributed by atoms with van der Waals surface area (Å²) in [6, 6.07) is 20.1. The number of hydrogen-bond donors (Lipinski definition) is 1. The second-order valence-corrected chi connectivity index (χ2v) is 11.2. The summed E-state index contributed by atoms with van der Waals surface area (Å²) in [5.41, 5.74) is 3.59. The van der Waals surface area contributed by atoms with Gasteiger partial charge in [0.05, 0.1) is 19.5 Å². The molecule has 3 heterocycles. The van der Waals surface area contributed by atoms with Crippen LogP contribution in [0.1, 0.15) is 42.1 Å². The van der Waals surface area contributed by atoms with E-state index in [1.165, 1.54) is 34.0 Å². The lowest BCUT2D eigenvalue weighted by Crippen LogP contribution is -2.57.